The van der Waals surface area contributed by atoms with Crippen molar-refractivity contribution in [3.05, 3.63) is 0 Å². The van der Waals surface area contributed by atoms with Crippen molar-refractivity contribution < 1.29 is 9.90 Å². The van der Waals surface area contributed by atoms with Gasteiger partial charge in [0.2, 0.25) is 0 Å². The van der Waals surface area contributed by atoms with E-state index < -0.39 is 11.5 Å². The monoisotopic (exact) mass is 273 g/mol. The first-order valence-corrected chi connectivity index (χ1v) is 7.07. The molecule has 1 unspecified atom stereocenters. The third-order valence-corrected chi connectivity index (χ3v) is 3.64. The molecular weight excluding hydrogens is 242 g/mol. The fraction of sp³-hybridized carbons (Fsp3) is 0.929. The van der Waals surface area contributed by atoms with Gasteiger partial charge < -0.3 is 20.2 Å². The van der Waals surface area contributed by atoms with E-state index in [2.05, 4.69) is 36.3 Å². The van der Waals surface area contributed by atoms with E-state index in [-0.39, 0.29) is 0 Å². The lowest BCUT2D eigenvalue weighted by atomic mass is 9.95. The van der Waals surface area contributed by atoms with Crippen molar-refractivity contribution in [2.45, 2.75) is 38.1 Å². The number of carboxylic acids is 1. The number of unbranched alkanes of at least 4 members (excludes halogenated alkanes) is 1. The molecule has 0 aromatic carbocycles. The molecule has 5 heteroatoms. The van der Waals surface area contributed by atoms with Crippen LogP contribution in [0.5, 0.6) is 0 Å². The van der Waals surface area contributed by atoms with Crippen molar-refractivity contribution in [3.8, 4) is 0 Å². The van der Waals surface area contributed by atoms with Crippen LogP contribution in [0.15, 0.2) is 0 Å². The largest absolute Gasteiger partial charge is 0.480 e. The molecule has 2 N–H and O–H groups in total. The van der Waals surface area contributed by atoms with E-state index in [4.69, 9.17) is 5.11 Å². The van der Waals surface area contributed by atoms with E-state index in [0.29, 0.717) is 6.42 Å². The maximum atomic E-state index is 11.1. The van der Waals surface area contributed by atoms with Crippen LogP contribution in [0.4, 0.5) is 0 Å². The zero-order chi connectivity index (χ0) is 14.9. The molecule has 0 saturated carbocycles. The molecule has 0 aliphatic carbocycles. The zero-order valence-corrected chi connectivity index (χ0v) is 13.2. The molecule has 0 fully saturated rings. The summed E-state index contributed by atoms with van der Waals surface area (Å²) in [5.74, 6) is -0.769. The Bertz CT molecular complexity index is 259. The molecule has 0 aliphatic heterocycles. The van der Waals surface area contributed by atoms with Crippen molar-refractivity contribution in [2.75, 3.05) is 47.8 Å². The fourth-order valence-corrected chi connectivity index (χ4v) is 1.97. The molecule has 1 atom stereocenters. The van der Waals surface area contributed by atoms with Crippen molar-refractivity contribution in [3.63, 3.8) is 0 Å². The summed E-state index contributed by atoms with van der Waals surface area (Å²) in [5.41, 5.74) is -0.788. The van der Waals surface area contributed by atoms with Crippen molar-refractivity contribution in [1.82, 2.24) is 15.1 Å². The Morgan fingerprint density at radius 2 is 1.68 bits per heavy atom. The minimum absolute atomic E-state index is 0.671. The second-order valence-corrected chi connectivity index (χ2v) is 5.80. The lowest BCUT2D eigenvalue weighted by Gasteiger charge is -2.24. The van der Waals surface area contributed by atoms with Gasteiger partial charge in [-0.05, 0) is 80.4 Å². The minimum Gasteiger partial charge on any atom is -0.480 e. The summed E-state index contributed by atoms with van der Waals surface area (Å²) in [4.78, 5) is 15.6. The fourth-order valence-electron chi connectivity index (χ4n) is 1.97. The number of aliphatic carboxylic acids is 1. The minimum atomic E-state index is -0.788. The summed E-state index contributed by atoms with van der Waals surface area (Å²) in [6.07, 6.45) is 3.82. The van der Waals surface area contributed by atoms with Crippen LogP contribution in [0, 0.1) is 0 Å². The molecule has 0 aromatic rings. The van der Waals surface area contributed by atoms with E-state index in [9.17, 15) is 4.79 Å². The predicted octanol–water partition coefficient (Wildman–Crippen LogP) is 1.10. The topological polar surface area (TPSA) is 55.8 Å². The molecule has 0 rings (SSSR count). The van der Waals surface area contributed by atoms with Gasteiger partial charge in [-0.1, -0.05) is 0 Å². The molecular formula is C14H31N3O2. The third-order valence-electron chi connectivity index (χ3n) is 3.64. The second kappa shape index (κ2) is 9.28. The Kier molecular flexibility index (Phi) is 8.97. The van der Waals surface area contributed by atoms with Crippen LogP contribution in [0.2, 0.25) is 0 Å². The summed E-state index contributed by atoms with van der Waals surface area (Å²) in [6, 6.07) is 0. The highest BCUT2D eigenvalue weighted by Crippen LogP contribution is 2.13. The highest BCUT2D eigenvalue weighted by molar-refractivity contribution is 5.78. The average Bonchev–Trinajstić information content (AvgIpc) is 2.33. The van der Waals surface area contributed by atoms with Crippen LogP contribution in [0.1, 0.15) is 32.6 Å². The van der Waals surface area contributed by atoms with Gasteiger partial charge >= 0.3 is 5.97 Å². The summed E-state index contributed by atoms with van der Waals surface area (Å²) < 4.78 is 0. The maximum Gasteiger partial charge on any atom is 0.323 e. The van der Waals surface area contributed by atoms with E-state index in [1.54, 1.807) is 14.0 Å². The number of nitrogens with one attached hydrogen (secondary N) is 1. The number of rotatable bonds is 11. The Hall–Kier alpha value is -0.650. The van der Waals surface area contributed by atoms with Gasteiger partial charge in [0.25, 0.3) is 0 Å². The Balaban J connectivity index is 3.70. The smallest absolute Gasteiger partial charge is 0.323 e. The van der Waals surface area contributed by atoms with E-state index >= 15 is 0 Å². The van der Waals surface area contributed by atoms with Gasteiger partial charge in [-0.3, -0.25) is 4.79 Å². The van der Waals surface area contributed by atoms with Crippen LogP contribution in [0.3, 0.4) is 0 Å². The van der Waals surface area contributed by atoms with Crippen molar-refractivity contribution in [2.24, 2.45) is 0 Å². The Labute approximate surface area is 118 Å². The summed E-state index contributed by atoms with van der Waals surface area (Å²) in [6.45, 7) is 4.99. The number of nitrogens with zero attached hydrogens (tertiary/aromatic N) is 2. The summed E-state index contributed by atoms with van der Waals surface area (Å²) in [5, 5.41) is 12.0. The lowest BCUT2D eigenvalue weighted by molar-refractivity contribution is -0.144. The zero-order valence-electron chi connectivity index (χ0n) is 13.2. The van der Waals surface area contributed by atoms with E-state index in [0.717, 1.165) is 32.5 Å². The van der Waals surface area contributed by atoms with Crippen molar-refractivity contribution in [1.29, 1.82) is 0 Å². The summed E-state index contributed by atoms with van der Waals surface area (Å²) >= 11 is 0. The predicted molar refractivity (Wildman–Crippen MR) is 79.6 cm³/mol. The van der Waals surface area contributed by atoms with Crippen LogP contribution in [-0.2, 0) is 4.79 Å². The molecule has 19 heavy (non-hydrogen) atoms. The second-order valence-electron chi connectivity index (χ2n) is 5.80. The molecule has 0 aromatic heterocycles. The highest BCUT2D eigenvalue weighted by Gasteiger charge is 2.29. The van der Waals surface area contributed by atoms with Crippen LogP contribution in [0.25, 0.3) is 0 Å². The Morgan fingerprint density at radius 1 is 1.11 bits per heavy atom. The quantitative estimate of drug-likeness (QED) is 0.552. The van der Waals surface area contributed by atoms with Gasteiger partial charge in [-0.2, -0.15) is 0 Å². The standard InChI is InChI=1S/C14H31N3O2/c1-14(15-2,13(18)19)9-6-7-11-17(5)12-8-10-16(3)4/h15H,6-12H2,1-5H3,(H,18,19). The number of carboxylic acid groups (broad SMARTS) is 1. The lowest BCUT2D eigenvalue weighted by Crippen LogP contribution is -2.47. The van der Waals surface area contributed by atoms with Crippen LogP contribution < -0.4 is 5.32 Å². The molecule has 0 radical (unpaired) electrons. The number of likely N-dealkylation sites (N-methyl/N-ethyl adjacent to an activating group) is 1. The van der Waals surface area contributed by atoms with Crippen LogP contribution >= 0.6 is 0 Å². The molecule has 0 spiro atoms. The SMILES string of the molecule is CNC(C)(CCCCN(C)CCCN(C)C)C(=O)O. The van der Waals surface area contributed by atoms with E-state index in [1.807, 2.05) is 0 Å². The Morgan fingerprint density at radius 3 is 2.16 bits per heavy atom. The first-order valence-electron chi connectivity index (χ1n) is 7.07. The highest BCUT2D eigenvalue weighted by atomic mass is 16.4. The first-order chi connectivity index (χ1) is 8.81. The molecule has 5 nitrogen and oxygen atoms in total. The first kappa shape index (κ1) is 18.4. The number of carbonyl (C=O) groups is 1. The molecule has 0 aliphatic rings. The van der Waals surface area contributed by atoms with Crippen molar-refractivity contribution >= 4 is 5.97 Å². The van der Waals surface area contributed by atoms with Gasteiger partial charge in [0.15, 0.2) is 0 Å². The molecule has 0 bridgehead atoms. The molecule has 0 heterocycles. The average molecular weight is 273 g/mol. The third kappa shape index (κ3) is 8.18. The normalized spacial score (nSPS) is 14.9. The number of hydrogen-bond acceptors (Lipinski definition) is 4. The maximum absolute atomic E-state index is 11.1. The summed E-state index contributed by atoms with van der Waals surface area (Å²) in [7, 11) is 8.01. The molecule has 0 saturated heterocycles. The van der Waals surface area contributed by atoms with Gasteiger partial charge in [-0.15, -0.1) is 0 Å². The van der Waals surface area contributed by atoms with Gasteiger partial charge in [0.05, 0.1) is 0 Å². The van der Waals surface area contributed by atoms with Gasteiger partial charge in [0.1, 0.15) is 5.54 Å². The molecule has 114 valence electrons. The van der Waals surface area contributed by atoms with Gasteiger partial charge in [-0.25, -0.2) is 0 Å². The van der Waals surface area contributed by atoms with E-state index in [1.165, 1.54) is 6.42 Å². The number of hydrogen-bond donors (Lipinski definition) is 2. The van der Waals surface area contributed by atoms with Crippen LogP contribution in [-0.4, -0.2) is 74.2 Å². The molecule has 0 amide bonds. The van der Waals surface area contributed by atoms with Gasteiger partial charge in [0, 0.05) is 0 Å².